The number of amides is 2. The Morgan fingerprint density at radius 2 is 2.04 bits per heavy atom. The summed E-state index contributed by atoms with van der Waals surface area (Å²) in [6.07, 6.45) is 1.60. The maximum Gasteiger partial charge on any atom is 0.417 e. The molecule has 2 amide bonds. The van der Waals surface area contributed by atoms with Crippen molar-refractivity contribution >= 4 is 20.3 Å². The maximum absolute atomic E-state index is 12.6. The summed E-state index contributed by atoms with van der Waals surface area (Å²) in [4.78, 5) is 25.8. The molecule has 1 aliphatic rings. The van der Waals surface area contributed by atoms with Gasteiger partial charge in [0.15, 0.2) is 14.4 Å². The summed E-state index contributed by atoms with van der Waals surface area (Å²) in [7, 11) is -1.99. The molecule has 0 bridgehead atoms. The molecule has 0 unspecified atom stereocenters. The number of imide groups is 1. The lowest BCUT2D eigenvalue weighted by atomic mass is 9.96. The molecule has 24 heavy (non-hydrogen) atoms. The molecule has 0 aliphatic carbocycles. The Bertz CT molecular complexity index is 574. The molecule has 1 saturated heterocycles. The first-order valence-corrected chi connectivity index (χ1v) is 10.9. The molecule has 1 fully saturated rings. The van der Waals surface area contributed by atoms with Crippen LogP contribution in [0.2, 0.25) is 18.1 Å². The van der Waals surface area contributed by atoms with Gasteiger partial charge < -0.3 is 13.6 Å². The molecule has 0 N–H and O–H groups in total. The van der Waals surface area contributed by atoms with Crippen LogP contribution >= 0.6 is 0 Å². The third kappa shape index (κ3) is 3.32. The number of furan rings is 1. The van der Waals surface area contributed by atoms with E-state index >= 15 is 0 Å². The number of rotatable bonds is 8. The van der Waals surface area contributed by atoms with E-state index in [0.29, 0.717) is 5.76 Å². The van der Waals surface area contributed by atoms with E-state index in [1.165, 1.54) is 12.3 Å². The van der Waals surface area contributed by atoms with Crippen molar-refractivity contribution in [3.63, 3.8) is 0 Å². The molecule has 1 aliphatic heterocycles. The summed E-state index contributed by atoms with van der Waals surface area (Å²) in [6, 6.07) is 5.68. The van der Waals surface area contributed by atoms with Gasteiger partial charge >= 0.3 is 6.09 Å². The van der Waals surface area contributed by atoms with Gasteiger partial charge in [0.2, 0.25) is 0 Å². The van der Waals surface area contributed by atoms with Crippen molar-refractivity contribution in [1.82, 2.24) is 4.90 Å². The second-order valence-electron chi connectivity index (χ2n) is 5.82. The lowest BCUT2D eigenvalue weighted by Crippen LogP contribution is -2.64. The summed E-state index contributed by atoms with van der Waals surface area (Å²) in [5, 5.41) is 0. The largest absolute Gasteiger partial charge is 0.467 e. The highest BCUT2D eigenvalue weighted by Crippen LogP contribution is 2.40. The smallest absolute Gasteiger partial charge is 0.417 e. The van der Waals surface area contributed by atoms with E-state index in [4.69, 9.17) is 13.6 Å². The average molecular weight is 351 g/mol. The van der Waals surface area contributed by atoms with Crippen molar-refractivity contribution in [2.45, 2.75) is 51.0 Å². The van der Waals surface area contributed by atoms with Crippen LogP contribution in [0.5, 0.6) is 0 Å². The fraction of sp³-hybridized carbons (Fsp3) is 0.529. The first kappa shape index (κ1) is 18.5. The number of likely N-dealkylation sites (tertiary alicyclic amines) is 1. The molecule has 0 aromatic carbocycles. The molecule has 1 aromatic heterocycles. The van der Waals surface area contributed by atoms with Crippen LogP contribution in [0.1, 0.15) is 32.6 Å². The molecule has 0 saturated carbocycles. The normalized spacial score (nSPS) is 20.6. The number of hydrogen-bond acceptors (Lipinski definition) is 5. The molecule has 2 rings (SSSR count). The minimum atomic E-state index is -1.99. The van der Waals surface area contributed by atoms with Crippen LogP contribution < -0.4 is 0 Å². The van der Waals surface area contributed by atoms with Gasteiger partial charge in [-0.05, 0) is 30.3 Å². The Morgan fingerprint density at radius 3 is 2.54 bits per heavy atom. The fourth-order valence-corrected chi connectivity index (χ4v) is 5.75. The number of ether oxygens (including phenoxy) is 1. The lowest BCUT2D eigenvalue weighted by Gasteiger charge is -2.46. The Morgan fingerprint density at radius 1 is 1.38 bits per heavy atom. The van der Waals surface area contributed by atoms with E-state index in [1.807, 2.05) is 0 Å². The van der Waals surface area contributed by atoms with Crippen LogP contribution in [0.3, 0.4) is 0 Å². The van der Waals surface area contributed by atoms with E-state index in [0.717, 1.165) is 23.0 Å². The van der Waals surface area contributed by atoms with Crippen LogP contribution in [0, 0.1) is 0 Å². The van der Waals surface area contributed by atoms with Crippen LogP contribution in [0.4, 0.5) is 4.79 Å². The van der Waals surface area contributed by atoms with Crippen molar-refractivity contribution in [1.29, 1.82) is 0 Å². The summed E-state index contributed by atoms with van der Waals surface area (Å²) in [6.45, 7) is 9.85. The molecule has 0 radical (unpaired) electrons. The van der Waals surface area contributed by atoms with Gasteiger partial charge in [-0.1, -0.05) is 33.4 Å². The van der Waals surface area contributed by atoms with E-state index in [-0.39, 0.29) is 12.5 Å². The second-order valence-corrected chi connectivity index (χ2v) is 10.5. The van der Waals surface area contributed by atoms with Crippen molar-refractivity contribution < 1.29 is 23.2 Å². The van der Waals surface area contributed by atoms with Crippen molar-refractivity contribution in [3.05, 3.63) is 36.8 Å². The van der Waals surface area contributed by atoms with E-state index in [2.05, 4.69) is 27.4 Å². The first-order valence-electron chi connectivity index (χ1n) is 8.35. The van der Waals surface area contributed by atoms with E-state index in [9.17, 15) is 9.59 Å². The number of hydrogen-bond donors (Lipinski definition) is 0. The molecule has 0 spiro atoms. The highest BCUT2D eigenvalue weighted by atomic mass is 28.4. The molecule has 2 atom stereocenters. The third-order valence-electron chi connectivity index (χ3n) is 4.71. The standard InChI is InChI=1S/C17H25NO5Si/c1-5-11-22-17(20)18-14(13-10-9-12-21-13)15(16(18)19)23-24(6-2,7-3)8-4/h5,9-10,12,14-15H,1,6-8,11H2,2-4H3/t14-,15+/m0/s1. The highest BCUT2D eigenvalue weighted by Gasteiger charge is 2.56. The molecular formula is C17H25NO5Si. The number of nitrogens with zero attached hydrogens (tertiary/aromatic N) is 1. The van der Waals surface area contributed by atoms with Crippen LogP contribution in [-0.4, -0.2) is 37.9 Å². The van der Waals surface area contributed by atoms with Gasteiger partial charge in [-0.3, -0.25) is 4.79 Å². The predicted octanol–water partition coefficient (Wildman–Crippen LogP) is 3.88. The minimum absolute atomic E-state index is 0.0522. The molecule has 1 aromatic rings. The zero-order chi connectivity index (χ0) is 17.7. The van der Waals surface area contributed by atoms with Gasteiger partial charge in [0.05, 0.1) is 6.26 Å². The van der Waals surface area contributed by atoms with Crippen LogP contribution in [-0.2, 0) is 14.0 Å². The van der Waals surface area contributed by atoms with Crippen molar-refractivity contribution in [3.8, 4) is 0 Å². The van der Waals surface area contributed by atoms with Crippen LogP contribution in [0.15, 0.2) is 35.5 Å². The minimum Gasteiger partial charge on any atom is -0.467 e. The average Bonchev–Trinajstić information content (AvgIpc) is 3.12. The molecule has 132 valence electrons. The molecule has 6 nitrogen and oxygen atoms in total. The Balaban J connectivity index is 2.23. The van der Waals surface area contributed by atoms with E-state index in [1.54, 1.807) is 12.1 Å². The number of carbonyl (C=O) groups is 2. The third-order valence-corrected chi connectivity index (χ3v) is 9.33. The number of carbonyl (C=O) groups excluding carboxylic acids is 2. The number of β-lactam (4-membered cyclic amide) rings is 1. The van der Waals surface area contributed by atoms with Crippen molar-refractivity contribution in [2.24, 2.45) is 0 Å². The van der Waals surface area contributed by atoms with Gasteiger partial charge in [0.1, 0.15) is 18.4 Å². The Hall–Kier alpha value is -1.86. The SMILES string of the molecule is C=CCOC(=O)N1C(=O)[C@H](O[Si](CC)(CC)CC)[C@@H]1c1ccco1. The second kappa shape index (κ2) is 7.81. The zero-order valence-corrected chi connectivity index (χ0v) is 15.5. The van der Waals surface area contributed by atoms with Crippen molar-refractivity contribution in [2.75, 3.05) is 6.61 Å². The van der Waals surface area contributed by atoms with Gasteiger partial charge in [-0.25, -0.2) is 9.69 Å². The predicted molar refractivity (Wildman–Crippen MR) is 91.9 cm³/mol. The fourth-order valence-electron chi connectivity index (χ4n) is 2.99. The summed E-state index contributed by atoms with van der Waals surface area (Å²) in [5.41, 5.74) is 0. The van der Waals surface area contributed by atoms with Gasteiger partial charge in [-0.2, -0.15) is 0 Å². The maximum atomic E-state index is 12.6. The highest BCUT2D eigenvalue weighted by molar-refractivity contribution is 6.73. The molecular weight excluding hydrogens is 326 g/mol. The Labute approximate surface area is 143 Å². The van der Waals surface area contributed by atoms with Gasteiger partial charge in [0, 0.05) is 0 Å². The Kier molecular flexibility index (Phi) is 6.01. The van der Waals surface area contributed by atoms with E-state index < -0.39 is 26.6 Å². The quantitative estimate of drug-likeness (QED) is 0.404. The topological polar surface area (TPSA) is 69.0 Å². The van der Waals surface area contributed by atoms with Crippen LogP contribution in [0.25, 0.3) is 0 Å². The summed E-state index contributed by atoms with van der Waals surface area (Å²) in [5.74, 6) is 0.166. The summed E-state index contributed by atoms with van der Waals surface area (Å²) >= 11 is 0. The molecule has 7 heteroatoms. The summed E-state index contributed by atoms with van der Waals surface area (Å²) < 4.78 is 16.8. The van der Waals surface area contributed by atoms with Gasteiger partial charge in [-0.15, -0.1) is 0 Å². The van der Waals surface area contributed by atoms with Gasteiger partial charge in [0.25, 0.3) is 5.91 Å². The zero-order valence-electron chi connectivity index (χ0n) is 14.5. The lowest BCUT2D eigenvalue weighted by molar-refractivity contribution is -0.162. The molecule has 2 heterocycles. The first-order chi connectivity index (χ1) is 11.5. The monoisotopic (exact) mass is 351 g/mol.